The number of hydrogen-bond acceptors (Lipinski definition) is 5. The Bertz CT molecular complexity index is 341. The molecule has 0 spiro atoms. The summed E-state index contributed by atoms with van der Waals surface area (Å²) >= 11 is 0. The summed E-state index contributed by atoms with van der Waals surface area (Å²) in [4.78, 5) is 15.3. The zero-order chi connectivity index (χ0) is 11.3. The van der Waals surface area contributed by atoms with Crippen LogP contribution in [-0.2, 0) is 9.53 Å². The van der Waals surface area contributed by atoms with Crippen molar-refractivity contribution in [3.63, 3.8) is 0 Å². The minimum absolute atomic E-state index is 0.317. The molecule has 0 aromatic carbocycles. The Hall–Kier alpha value is -1.78. The fraction of sp³-hybridized carbons (Fsp3) is 0.400. The number of nitrogens with zero attached hydrogens (tertiary/aromatic N) is 1. The molecule has 0 radical (unpaired) electrons. The summed E-state index contributed by atoms with van der Waals surface area (Å²) < 4.78 is 4.85. The number of ether oxygens (including phenoxy) is 1. The van der Waals surface area contributed by atoms with E-state index in [2.05, 4.69) is 10.3 Å². The van der Waals surface area contributed by atoms with E-state index < -0.39 is 6.04 Å². The first-order valence-corrected chi connectivity index (χ1v) is 4.78. The molecule has 15 heavy (non-hydrogen) atoms. The number of nitrogens with one attached hydrogen (secondary N) is 1. The molecule has 0 saturated heterocycles. The van der Waals surface area contributed by atoms with Crippen LogP contribution >= 0.6 is 0 Å². The SMILES string of the molecule is CCOC(=O)C(C)Nc1ncccc1N. The van der Waals surface area contributed by atoms with Crippen LogP contribution in [0.2, 0.25) is 0 Å². The van der Waals surface area contributed by atoms with Gasteiger partial charge in [0, 0.05) is 6.20 Å². The first-order chi connectivity index (χ1) is 7.15. The molecule has 0 aliphatic heterocycles. The second kappa shape index (κ2) is 5.19. The Morgan fingerprint density at radius 1 is 1.73 bits per heavy atom. The van der Waals surface area contributed by atoms with E-state index in [1.165, 1.54) is 0 Å². The van der Waals surface area contributed by atoms with E-state index in [0.717, 1.165) is 0 Å². The molecule has 1 heterocycles. The number of aromatic nitrogens is 1. The average Bonchev–Trinajstić information content (AvgIpc) is 2.21. The van der Waals surface area contributed by atoms with Crippen molar-refractivity contribution in [3.05, 3.63) is 18.3 Å². The molecule has 1 unspecified atom stereocenters. The van der Waals surface area contributed by atoms with Crippen LogP contribution in [-0.4, -0.2) is 23.6 Å². The van der Waals surface area contributed by atoms with E-state index >= 15 is 0 Å². The number of nitrogen functional groups attached to an aromatic ring is 1. The van der Waals surface area contributed by atoms with Gasteiger partial charge in [-0.2, -0.15) is 0 Å². The molecule has 0 aliphatic rings. The van der Waals surface area contributed by atoms with Gasteiger partial charge >= 0.3 is 5.97 Å². The van der Waals surface area contributed by atoms with Crippen LogP contribution in [0.1, 0.15) is 13.8 Å². The summed E-state index contributed by atoms with van der Waals surface area (Å²) in [5, 5.41) is 2.88. The van der Waals surface area contributed by atoms with E-state index in [1.807, 2.05) is 0 Å². The van der Waals surface area contributed by atoms with Gasteiger partial charge in [0.25, 0.3) is 0 Å². The van der Waals surface area contributed by atoms with Crippen LogP contribution in [0.25, 0.3) is 0 Å². The third-order valence-electron chi connectivity index (χ3n) is 1.83. The van der Waals surface area contributed by atoms with E-state index in [9.17, 15) is 4.79 Å². The fourth-order valence-electron chi connectivity index (χ4n) is 1.07. The summed E-state index contributed by atoms with van der Waals surface area (Å²) in [7, 11) is 0. The van der Waals surface area contributed by atoms with Crippen molar-refractivity contribution < 1.29 is 9.53 Å². The minimum Gasteiger partial charge on any atom is -0.464 e. The molecule has 1 aromatic rings. The van der Waals surface area contributed by atoms with Crippen molar-refractivity contribution in [2.24, 2.45) is 0 Å². The highest BCUT2D eigenvalue weighted by atomic mass is 16.5. The first-order valence-electron chi connectivity index (χ1n) is 4.78. The average molecular weight is 209 g/mol. The smallest absolute Gasteiger partial charge is 0.328 e. The highest BCUT2D eigenvalue weighted by Gasteiger charge is 2.14. The summed E-state index contributed by atoms with van der Waals surface area (Å²) in [5.41, 5.74) is 6.17. The molecule has 5 nitrogen and oxygen atoms in total. The van der Waals surface area contributed by atoms with E-state index in [0.29, 0.717) is 18.1 Å². The van der Waals surface area contributed by atoms with Gasteiger partial charge in [-0.3, -0.25) is 0 Å². The van der Waals surface area contributed by atoms with Gasteiger partial charge in [0.2, 0.25) is 0 Å². The minimum atomic E-state index is -0.456. The molecule has 3 N–H and O–H groups in total. The molecule has 82 valence electrons. The fourth-order valence-corrected chi connectivity index (χ4v) is 1.07. The molecule has 0 fully saturated rings. The first kappa shape index (κ1) is 11.3. The molecule has 0 bridgehead atoms. The van der Waals surface area contributed by atoms with Gasteiger partial charge in [-0.05, 0) is 26.0 Å². The van der Waals surface area contributed by atoms with E-state index in [-0.39, 0.29) is 5.97 Å². The van der Waals surface area contributed by atoms with Crippen molar-refractivity contribution in [2.45, 2.75) is 19.9 Å². The van der Waals surface area contributed by atoms with Crippen LogP contribution in [0.4, 0.5) is 11.5 Å². The number of carbonyl (C=O) groups excluding carboxylic acids is 1. The molecule has 0 aliphatic carbocycles. The van der Waals surface area contributed by atoms with Crippen LogP contribution < -0.4 is 11.1 Å². The standard InChI is InChI=1S/C10H15N3O2/c1-3-15-10(14)7(2)13-9-8(11)5-4-6-12-9/h4-7H,3,11H2,1-2H3,(H,12,13). The second-order valence-electron chi connectivity index (χ2n) is 3.06. The number of nitrogens with two attached hydrogens (primary N) is 1. The predicted octanol–water partition coefficient (Wildman–Crippen LogP) is 1.03. The largest absolute Gasteiger partial charge is 0.464 e. The summed E-state index contributed by atoms with van der Waals surface area (Å²) in [5.74, 6) is 0.181. The lowest BCUT2D eigenvalue weighted by atomic mass is 10.3. The highest BCUT2D eigenvalue weighted by molar-refractivity contribution is 5.79. The lowest BCUT2D eigenvalue weighted by molar-refractivity contribution is -0.143. The molecule has 0 amide bonds. The molecule has 1 atom stereocenters. The van der Waals surface area contributed by atoms with E-state index in [1.54, 1.807) is 32.2 Å². The molecular weight excluding hydrogens is 194 g/mol. The van der Waals surface area contributed by atoms with Crippen molar-refractivity contribution in [1.82, 2.24) is 4.98 Å². The summed E-state index contributed by atoms with van der Waals surface area (Å²) in [6.45, 7) is 3.83. The van der Waals surface area contributed by atoms with Gasteiger partial charge in [0.05, 0.1) is 12.3 Å². The Morgan fingerprint density at radius 3 is 3.07 bits per heavy atom. The summed E-state index contributed by atoms with van der Waals surface area (Å²) in [6, 6.07) is 2.99. The number of esters is 1. The van der Waals surface area contributed by atoms with Crippen LogP contribution in [0.3, 0.4) is 0 Å². The predicted molar refractivity (Wildman–Crippen MR) is 58.4 cm³/mol. The Balaban J connectivity index is 2.62. The summed E-state index contributed by atoms with van der Waals surface area (Å²) in [6.07, 6.45) is 1.61. The zero-order valence-electron chi connectivity index (χ0n) is 8.86. The van der Waals surface area contributed by atoms with Gasteiger partial charge in [0.1, 0.15) is 11.9 Å². The molecule has 1 rings (SSSR count). The maximum atomic E-state index is 11.3. The lowest BCUT2D eigenvalue weighted by Crippen LogP contribution is -2.28. The second-order valence-corrected chi connectivity index (χ2v) is 3.06. The monoisotopic (exact) mass is 209 g/mol. The van der Waals surface area contributed by atoms with Gasteiger partial charge in [-0.25, -0.2) is 9.78 Å². The van der Waals surface area contributed by atoms with Crippen molar-refractivity contribution >= 4 is 17.5 Å². The van der Waals surface area contributed by atoms with Gasteiger partial charge in [0.15, 0.2) is 0 Å². The maximum absolute atomic E-state index is 11.3. The Labute approximate surface area is 88.6 Å². The van der Waals surface area contributed by atoms with Gasteiger partial charge < -0.3 is 15.8 Å². The number of pyridine rings is 1. The zero-order valence-corrected chi connectivity index (χ0v) is 8.86. The number of carbonyl (C=O) groups is 1. The number of hydrogen-bond donors (Lipinski definition) is 2. The molecule has 5 heteroatoms. The van der Waals surface area contributed by atoms with Crippen LogP contribution in [0, 0.1) is 0 Å². The number of rotatable bonds is 4. The molecule has 0 saturated carbocycles. The third-order valence-corrected chi connectivity index (χ3v) is 1.83. The van der Waals surface area contributed by atoms with Crippen molar-refractivity contribution in [3.8, 4) is 0 Å². The molecular formula is C10H15N3O2. The quantitative estimate of drug-likeness (QED) is 0.724. The third kappa shape index (κ3) is 3.12. The Kier molecular flexibility index (Phi) is 3.91. The molecule has 1 aromatic heterocycles. The topological polar surface area (TPSA) is 77.2 Å². The van der Waals surface area contributed by atoms with Gasteiger partial charge in [-0.1, -0.05) is 0 Å². The van der Waals surface area contributed by atoms with Crippen LogP contribution in [0.5, 0.6) is 0 Å². The van der Waals surface area contributed by atoms with Crippen molar-refractivity contribution in [2.75, 3.05) is 17.7 Å². The van der Waals surface area contributed by atoms with Crippen LogP contribution in [0.15, 0.2) is 18.3 Å². The van der Waals surface area contributed by atoms with Crippen molar-refractivity contribution in [1.29, 1.82) is 0 Å². The Morgan fingerprint density at radius 2 is 2.47 bits per heavy atom. The maximum Gasteiger partial charge on any atom is 0.328 e. The lowest BCUT2D eigenvalue weighted by Gasteiger charge is -2.14. The highest BCUT2D eigenvalue weighted by Crippen LogP contribution is 2.14. The van der Waals surface area contributed by atoms with Gasteiger partial charge in [-0.15, -0.1) is 0 Å². The van der Waals surface area contributed by atoms with E-state index in [4.69, 9.17) is 10.5 Å². The normalized spacial score (nSPS) is 11.9. The number of anilines is 2.